The first-order valence-corrected chi connectivity index (χ1v) is 6.76. The highest BCUT2D eigenvalue weighted by Gasteiger charge is 2.05. The summed E-state index contributed by atoms with van der Waals surface area (Å²) in [4.78, 5) is 0. The molecule has 2 rings (SSSR count). The van der Waals surface area contributed by atoms with E-state index in [2.05, 4.69) is 11.4 Å². The molecule has 0 aromatic heterocycles. The number of nitrogens with zero attached hydrogens (tertiary/aromatic N) is 1. The van der Waals surface area contributed by atoms with Crippen LogP contribution in [0.15, 0.2) is 42.5 Å². The predicted molar refractivity (Wildman–Crippen MR) is 81.1 cm³/mol. The summed E-state index contributed by atoms with van der Waals surface area (Å²) >= 11 is 6.12. The zero-order valence-electron chi connectivity index (χ0n) is 11.2. The second-order valence-corrected chi connectivity index (χ2v) is 4.61. The van der Waals surface area contributed by atoms with Crippen LogP contribution in [0.5, 0.6) is 5.75 Å². The van der Waals surface area contributed by atoms with Crippen molar-refractivity contribution in [3.05, 3.63) is 58.6 Å². The highest BCUT2D eigenvalue weighted by atomic mass is 35.5. The van der Waals surface area contributed by atoms with Crippen LogP contribution < -0.4 is 10.1 Å². The molecule has 0 atom stereocenters. The minimum Gasteiger partial charge on any atom is -0.494 e. The molecular weight excluding hydrogens is 272 g/mol. The Hall–Kier alpha value is -2.18. The van der Waals surface area contributed by atoms with E-state index >= 15 is 0 Å². The minimum absolute atomic E-state index is 0.579. The molecule has 0 amide bonds. The van der Waals surface area contributed by atoms with E-state index < -0.39 is 0 Å². The summed E-state index contributed by atoms with van der Waals surface area (Å²) in [6.07, 6.45) is 0. The number of nitriles is 1. The van der Waals surface area contributed by atoms with Gasteiger partial charge in [-0.05, 0) is 31.2 Å². The molecule has 0 heterocycles. The molecule has 0 aliphatic carbocycles. The summed E-state index contributed by atoms with van der Waals surface area (Å²) in [5.74, 6) is 0.857. The van der Waals surface area contributed by atoms with Crippen molar-refractivity contribution in [2.45, 2.75) is 13.5 Å². The molecule has 20 heavy (non-hydrogen) atoms. The van der Waals surface area contributed by atoms with Gasteiger partial charge in [0.1, 0.15) is 5.75 Å². The zero-order valence-corrected chi connectivity index (χ0v) is 11.9. The molecule has 3 nitrogen and oxygen atoms in total. The van der Waals surface area contributed by atoms with Gasteiger partial charge in [0.05, 0.1) is 28.9 Å². The number of nitrogens with one attached hydrogen (secondary N) is 1. The van der Waals surface area contributed by atoms with E-state index in [1.165, 1.54) is 0 Å². The first-order valence-electron chi connectivity index (χ1n) is 6.38. The van der Waals surface area contributed by atoms with Crippen LogP contribution in [-0.2, 0) is 6.54 Å². The molecule has 0 unspecified atom stereocenters. The van der Waals surface area contributed by atoms with Gasteiger partial charge in [-0.3, -0.25) is 0 Å². The number of hydrogen-bond acceptors (Lipinski definition) is 3. The Labute approximate surface area is 123 Å². The van der Waals surface area contributed by atoms with Gasteiger partial charge in [0.2, 0.25) is 0 Å². The molecule has 4 heteroatoms. The van der Waals surface area contributed by atoms with Crippen LogP contribution in [0.4, 0.5) is 5.69 Å². The maximum Gasteiger partial charge on any atom is 0.124 e. The number of anilines is 1. The van der Waals surface area contributed by atoms with Crippen molar-refractivity contribution >= 4 is 17.3 Å². The Morgan fingerprint density at radius 2 is 2.05 bits per heavy atom. The lowest BCUT2D eigenvalue weighted by Crippen LogP contribution is -2.03. The number of rotatable bonds is 5. The number of benzene rings is 2. The molecule has 0 saturated heterocycles. The van der Waals surface area contributed by atoms with Gasteiger partial charge < -0.3 is 10.1 Å². The van der Waals surface area contributed by atoms with Crippen molar-refractivity contribution in [1.29, 1.82) is 5.26 Å². The predicted octanol–water partition coefficient (Wildman–Crippen LogP) is 4.22. The Morgan fingerprint density at radius 3 is 2.80 bits per heavy atom. The summed E-state index contributed by atoms with van der Waals surface area (Å²) in [7, 11) is 0. The van der Waals surface area contributed by atoms with E-state index in [1.54, 1.807) is 18.2 Å². The fraction of sp³-hybridized carbons (Fsp3) is 0.188. The van der Waals surface area contributed by atoms with E-state index in [0.29, 0.717) is 23.7 Å². The molecule has 0 aliphatic heterocycles. The van der Waals surface area contributed by atoms with Crippen LogP contribution in [0, 0.1) is 11.3 Å². The normalized spacial score (nSPS) is 9.85. The average molecular weight is 287 g/mol. The van der Waals surface area contributed by atoms with Crippen molar-refractivity contribution in [3.8, 4) is 11.8 Å². The van der Waals surface area contributed by atoms with E-state index in [4.69, 9.17) is 21.6 Å². The quantitative estimate of drug-likeness (QED) is 0.895. The molecule has 0 spiro atoms. The molecule has 0 fully saturated rings. The van der Waals surface area contributed by atoms with Gasteiger partial charge in [0.15, 0.2) is 0 Å². The molecule has 1 N–H and O–H groups in total. The van der Waals surface area contributed by atoms with Gasteiger partial charge >= 0.3 is 0 Å². The number of para-hydroxylation sites is 1. The lowest BCUT2D eigenvalue weighted by atomic mass is 10.1. The van der Waals surface area contributed by atoms with Crippen LogP contribution in [0.3, 0.4) is 0 Å². The number of ether oxygens (including phenoxy) is 1. The zero-order chi connectivity index (χ0) is 14.4. The van der Waals surface area contributed by atoms with E-state index in [1.807, 2.05) is 31.2 Å². The van der Waals surface area contributed by atoms with Crippen LogP contribution in [0.25, 0.3) is 0 Å². The largest absolute Gasteiger partial charge is 0.494 e. The summed E-state index contributed by atoms with van der Waals surface area (Å²) < 4.78 is 5.58. The van der Waals surface area contributed by atoms with Crippen molar-refractivity contribution in [2.75, 3.05) is 11.9 Å². The third-order valence-corrected chi connectivity index (χ3v) is 3.17. The molecule has 0 saturated carbocycles. The molecule has 0 radical (unpaired) electrons. The summed E-state index contributed by atoms with van der Waals surface area (Å²) in [6, 6.07) is 15.1. The van der Waals surface area contributed by atoms with E-state index in [0.717, 1.165) is 17.0 Å². The summed E-state index contributed by atoms with van der Waals surface area (Å²) in [6.45, 7) is 3.17. The van der Waals surface area contributed by atoms with Crippen LogP contribution in [0.1, 0.15) is 18.1 Å². The fourth-order valence-corrected chi connectivity index (χ4v) is 2.05. The van der Waals surface area contributed by atoms with Crippen molar-refractivity contribution < 1.29 is 4.74 Å². The Kier molecular flexibility index (Phi) is 4.86. The molecule has 0 aliphatic rings. The maximum atomic E-state index is 8.91. The van der Waals surface area contributed by atoms with Gasteiger partial charge in [0.25, 0.3) is 0 Å². The number of halogens is 1. The van der Waals surface area contributed by atoms with Gasteiger partial charge in [-0.15, -0.1) is 0 Å². The van der Waals surface area contributed by atoms with Gasteiger partial charge in [0, 0.05) is 12.1 Å². The van der Waals surface area contributed by atoms with E-state index in [-0.39, 0.29) is 0 Å². The molecular formula is C16H15ClN2O. The first-order chi connectivity index (χ1) is 9.74. The second kappa shape index (κ2) is 6.83. The Morgan fingerprint density at radius 1 is 1.25 bits per heavy atom. The summed E-state index contributed by atoms with van der Waals surface area (Å²) in [5.41, 5.74) is 2.37. The third-order valence-electron chi connectivity index (χ3n) is 2.84. The molecule has 2 aromatic carbocycles. The maximum absolute atomic E-state index is 8.91. The Bertz CT molecular complexity index is 635. The average Bonchev–Trinajstić information content (AvgIpc) is 2.48. The van der Waals surface area contributed by atoms with Gasteiger partial charge in [-0.2, -0.15) is 5.26 Å². The van der Waals surface area contributed by atoms with E-state index in [9.17, 15) is 0 Å². The van der Waals surface area contributed by atoms with Crippen molar-refractivity contribution in [1.82, 2.24) is 0 Å². The topological polar surface area (TPSA) is 45.0 Å². The third kappa shape index (κ3) is 3.43. The summed E-state index contributed by atoms with van der Waals surface area (Å²) in [5, 5.41) is 12.7. The van der Waals surface area contributed by atoms with Crippen molar-refractivity contribution in [3.63, 3.8) is 0 Å². The lowest BCUT2D eigenvalue weighted by Gasteiger charge is -2.12. The Balaban J connectivity index is 2.15. The van der Waals surface area contributed by atoms with Crippen LogP contribution in [-0.4, -0.2) is 6.61 Å². The lowest BCUT2D eigenvalue weighted by molar-refractivity contribution is 0.337. The molecule has 102 valence electrons. The van der Waals surface area contributed by atoms with Gasteiger partial charge in [-0.25, -0.2) is 0 Å². The monoisotopic (exact) mass is 286 g/mol. The minimum atomic E-state index is 0.579. The highest BCUT2D eigenvalue weighted by molar-refractivity contribution is 6.33. The fourth-order valence-electron chi connectivity index (χ4n) is 1.87. The molecule has 2 aromatic rings. The SMILES string of the molecule is CCOc1ccccc1CNc1cc(C#N)ccc1Cl. The van der Waals surface area contributed by atoms with Gasteiger partial charge in [-0.1, -0.05) is 29.8 Å². The van der Waals surface area contributed by atoms with Crippen LogP contribution >= 0.6 is 11.6 Å². The standard InChI is InChI=1S/C16H15ClN2O/c1-2-20-16-6-4-3-5-13(16)11-19-15-9-12(10-18)7-8-14(15)17/h3-9,19H,2,11H2,1H3. The van der Waals surface area contributed by atoms with Crippen LogP contribution in [0.2, 0.25) is 5.02 Å². The number of hydrogen-bond donors (Lipinski definition) is 1. The smallest absolute Gasteiger partial charge is 0.124 e. The molecule has 0 bridgehead atoms. The highest BCUT2D eigenvalue weighted by Crippen LogP contribution is 2.25. The van der Waals surface area contributed by atoms with Crippen molar-refractivity contribution in [2.24, 2.45) is 0 Å². The first kappa shape index (κ1) is 14.2. The second-order valence-electron chi connectivity index (χ2n) is 4.20.